The Hall–Kier alpha value is -1.11. The van der Waals surface area contributed by atoms with E-state index in [4.69, 9.17) is 4.74 Å². The number of esters is 1. The van der Waals surface area contributed by atoms with E-state index in [1.165, 1.54) is 7.11 Å². The average molecular weight is 373 g/mol. The van der Waals surface area contributed by atoms with Crippen LogP contribution in [0.4, 0.5) is 0 Å². The Morgan fingerprint density at radius 1 is 1.32 bits per heavy atom. The molecule has 102 valence electrons. The molecule has 0 radical (unpaired) electrons. The van der Waals surface area contributed by atoms with Crippen molar-refractivity contribution in [1.29, 1.82) is 0 Å². The van der Waals surface area contributed by atoms with Crippen LogP contribution in [-0.2, 0) is 9.53 Å². The molecule has 4 nitrogen and oxygen atoms in total. The summed E-state index contributed by atoms with van der Waals surface area (Å²) in [5.74, 6) is -0.404. The normalized spacial score (nSPS) is 19.1. The van der Waals surface area contributed by atoms with Gasteiger partial charge in [-0.1, -0.05) is 12.1 Å². The van der Waals surface area contributed by atoms with Gasteiger partial charge in [0.25, 0.3) is 5.91 Å². The van der Waals surface area contributed by atoms with Gasteiger partial charge in [0.1, 0.15) is 6.04 Å². The molecule has 1 unspecified atom stereocenters. The van der Waals surface area contributed by atoms with E-state index in [2.05, 4.69) is 22.6 Å². The number of amides is 1. The van der Waals surface area contributed by atoms with Crippen molar-refractivity contribution in [2.45, 2.75) is 25.3 Å². The van der Waals surface area contributed by atoms with E-state index < -0.39 is 6.04 Å². The summed E-state index contributed by atoms with van der Waals surface area (Å²) in [6, 6.07) is 6.99. The number of methoxy groups -OCH3 is 1. The zero-order valence-corrected chi connectivity index (χ0v) is 12.9. The Morgan fingerprint density at radius 3 is 2.74 bits per heavy atom. The van der Waals surface area contributed by atoms with Crippen LogP contribution in [0.3, 0.4) is 0 Å². The Bertz CT molecular complexity index is 489. The number of likely N-dealkylation sites (tertiary alicyclic amines) is 1. The molecule has 0 N–H and O–H groups in total. The van der Waals surface area contributed by atoms with Crippen molar-refractivity contribution < 1.29 is 14.3 Å². The number of carbonyl (C=O) groups excluding carboxylic acids is 2. The fourth-order valence-corrected chi connectivity index (χ4v) is 2.96. The van der Waals surface area contributed by atoms with Crippen molar-refractivity contribution in [3.8, 4) is 0 Å². The highest BCUT2D eigenvalue weighted by Crippen LogP contribution is 2.22. The fraction of sp³-hybridized carbons (Fsp3) is 0.429. The van der Waals surface area contributed by atoms with E-state index >= 15 is 0 Å². The van der Waals surface area contributed by atoms with E-state index in [9.17, 15) is 9.59 Å². The van der Waals surface area contributed by atoms with Gasteiger partial charge >= 0.3 is 5.97 Å². The third kappa shape index (κ3) is 3.08. The fourth-order valence-electron chi connectivity index (χ4n) is 2.35. The van der Waals surface area contributed by atoms with Gasteiger partial charge < -0.3 is 9.64 Å². The number of ether oxygens (including phenoxy) is 1. The van der Waals surface area contributed by atoms with Crippen LogP contribution in [0.15, 0.2) is 24.3 Å². The molecule has 1 fully saturated rings. The van der Waals surface area contributed by atoms with Crippen molar-refractivity contribution in [3.63, 3.8) is 0 Å². The molecule has 19 heavy (non-hydrogen) atoms. The molecule has 5 heteroatoms. The van der Waals surface area contributed by atoms with E-state index in [1.807, 2.05) is 18.2 Å². The molecular weight excluding hydrogens is 357 g/mol. The van der Waals surface area contributed by atoms with Gasteiger partial charge in [-0.3, -0.25) is 4.79 Å². The van der Waals surface area contributed by atoms with Gasteiger partial charge in [-0.2, -0.15) is 0 Å². The zero-order chi connectivity index (χ0) is 13.8. The van der Waals surface area contributed by atoms with Crippen LogP contribution in [0.1, 0.15) is 29.6 Å². The highest BCUT2D eigenvalue weighted by atomic mass is 127. The molecule has 2 rings (SSSR count). The SMILES string of the molecule is COC(=O)C1CCCCN1C(=O)c1ccccc1I. The Balaban J connectivity index is 2.25. The van der Waals surface area contributed by atoms with Crippen LogP contribution < -0.4 is 0 Å². The lowest BCUT2D eigenvalue weighted by Crippen LogP contribution is -2.48. The molecule has 0 aromatic heterocycles. The number of hydrogen-bond donors (Lipinski definition) is 0. The molecule has 1 saturated heterocycles. The summed E-state index contributed by atoms with van der Waals surface area (Å²) < 4.78 is 5.70. The Labute approximate surface area is 126 Å². The smallest absolute Gasteiger partial charge is 0.328 e. The lowest BCUT2D eigenvalue weighted by Gasteiger charge is -2.34. The van der Waals surface area contributed by atoms with E-state index in [-0.39, 0.29) is 11.9 Å². The van der Waals surface area contributed by atoms with Crippen molar-refractivity contribution in [3.05, 3.63) is 33.4 Å². The Kier molecular flexibility index (Phi) is 4.79. The number of nitrogens with zero attached hydrogens (tertiary/aromatic N) is 1. The maximum Gasteiger partial charge on any atom is 0.328 e. The molecule has 1 atom stereocenters. The van der Waals surface area contributed by atoms with Crippen molar-refractivity contribution in [1.82, 2.24) is 4.90 Å². The van der Waals surface area contributed by atoms with E-state index in [0.29, 0.717) is 18.5 Å². The van der Waals surface area contributed by atoms with Crippen molar-refractivity contribution in [2.24, 2.45) is 0 Å². The van der Waals surface area contributed by atoms with Crippen LogP contribution in [0.2, 0.25) is 0 Å². The van der Waals surface area contributed by atoms with Gasteiger partial charge in [0.2, 0.25) is 0 Å². The predicted octanol–water partition coefficient (Wildman–Crippen LogP) is 2.46. The highest BCUT2D eigenvalue weighted by molar-refractivity contribution is 14.1. The van der Waals surface area contributed by atoms with Gasteiger partial charge in [-0.15, -0.1) is 0 Å². The summed E-state index contributed by atoms with van der Waals surface area (Å²) in [6.07, 6.45) is 2.57. The maximum absolute atomic E-state index is 12.6. The molecule has 0 aliphatic carbocycles. The quantitative estimate of drug-likeness (QED) is 0.591. The van der Waals surface area contributed by atoms with Crippen molar-refractivity contribution in [2.75, 3.05) is 13.7 Å². The maximum atomic E-state index is 12.6. The molecule has 0 spiro atoms. The minimum atomic E-state index is -0.442. The molecule has 1 amide bonds. The standard InChI is InChI=1S/C14H16INO3/c1-19-14(18)12-8-4-5-9-16(12)13(17)10-6-2-3-7-11(10)15/h2-3,6-7,12H,4-5,8-9H2,1H3. The summed E-state index contributed by atoms with van der Waals surface area (Å²) in [5, 5.41) is 0. The number of piperidine rings is 1. The van der Waals surface area contributed by atoms with Crippen LogP contribution >= 0.6 is 22.6 Å². The molecule has 1 aliphatic heterocycles. The largest absolute Gasteiger partial charge is 0.467 e. The summed E-state index contributed by atoms with van der Waals surface area (Å²) in [7, 11) is 1.37. The number of rotatable bonds is 2. The molecule has 1 aromatic carbocycles. The Morgan fingerprint density at radius 2 is 2.05 bits per heavy atom. The third-order valence-corrected chi connectivity index (χ3v) is 4.28. The zero-order valence-electron chi connectivity index (χ0n) is 10.8. The molecular formula is C14H16INO3. The lowest BCUT2D eigenvalue weighted by atomic mass is 10.0. The van der Waals surface area contributed by atoms with Gasteiger partial charge in [0.15, 0.2) is 0 Å². The molecule has 0 bridgehead atoms. The van der Waals surface area contributed by atoms with Crippen LogP contribution in [0.5, 0.6) is 0 Å². The first-order valence-electron chi connectivity index (χ1n) is 6.28. The first-order chi connectivity index (χ1) is 9.15. The number of carbonyl (C=O) groups is 2. The summed E-state index contributed by atoms with van der Waals surface area (Å²) in [6.45, 7) is 0.615. The second-order valence-electron chi connectivity index (χ2n) is 4.51. The van der Waals surface area contributed by atoms with Gasteiger partial charge in [0.05, 0.1) is 12.7 Å². The summed E-state index contributed by atoms with van der Waals surface area (Å²) in [4.78, 5) is 26.0. The summed E-state index contributed by atoms with van der Waals surface area (Å²) in [5.41, 5.74) is 0.652. The molecule has 1 aromatic rings. The molecule has 0 saturated carbocycles. The monoisotopic (exact) mass is 373 g/mol. The van der Waals surface area contributed by atoms with Gasteiger partial charge in [0, 0.05) is 10.1 Å². The minimum Gasteiger partial charge on any atom is -0.467 e. The van der Waals surface area contributed by atoms with Gasteiger partial charge in [-0.05, 0) is 54.0 Å². The second-order valence-corrected chi connectivity index (χ2v) is 5.68. The van der Waals surface area contributed by atoms with E-state index in [0.717, 1.165) is 16.4 Å². The van der Waals surface area contributed by atoms with Crippen LogP contribution in [0, 0.1) is 3.57 Å². The molecule has 1 aliphatic rings. The van der Waals surface area contributed by atoms with Crippen LogP contribution in [0.25, 0.3) is 0 Å². The first kappa shape index (κ1) is 14.3. The number of benzene rings is 1. The predicted molar refractivity (Wildman–Crippen MR) is 79.9 cm³/mol. The van der Waals surface area contributed by atoms with E-state index in [1.54, 1.807) is 11.0 Å². The van der Waals surface area contributed by atoms with Gasteiger partial charge in [-0.25, -0.2) is 4.79 Å². The second kappa shape index (κ2) is 6.36. The topological polar surface area (TPSA) is 46.6 Å². The number of halogens is 1. The van der Waals surface area contributed by atoms with Crippen LogP contribution in [-0.4, -0.2) is 36.5 Å². The lowest BCUT2D eigenvalue weighted by molar-refractivity contribution is -0.147. The number of hydrogen-bond acceptors (Lipinski definition) is 3. The minimum absolute atomic E-state index is 0.0832. The molecule has 1 heterocycles. The van der Waals surface area contributed by atoms with Crippen molar-refractivity contribution >= 4 is 34.5 Å². The highest BCUT2D eigenvalue weighted by Gasteiger charge is 2.33. The third-order valence-electron chi connectivity index (χ3n) is 3.34. The first-order valence-corrected chi connectivity index (χ1v) is 7.36. The average Bonchev–Trinajstić information content (AvgIpc) is 2.46. The summed E-state index contributed by atoms with van der Waals surface area (Å²) >= 11 is 2.14.